The van der Waals surface area contributed by atoms with Gasteiger partial charge in [-0.15, -0.1) is 0 Å². The van der Waals surface area contributed by atoms with Crippen LogP contribution in [0.15, 0.2) is 60.9 Å². The fraction of sp³-hybridized carbons (Fsp3) is 0.379. The molecule has 7 nitrogen and oxygen atoms in total. The van der Waals surface area contributed by atoms with Gasteiger partial charge in [0.05, 0.1) is 13.7 Å². The molecule has 36 heavy (non-hydrogen) atoms. The highest BCUT2D eigenvalue weighted by molar-refractivity contribution is 5.95. The lowest BCUT2D eigenvalue weighted by Crippen LogP contribution is -2.45. The maximum atomic E-state index is 13.6. The number of benzene rings is 1. The van der Waals surface area contributed by atoms with Gasteiger partial charge in [-0.3, -0.25) is 9.78 Å². The minimum atomic E-state index is 0.0819. The summed E-state index contributed by atoms with van der Waals surface area (Å²) in [4.78, 5) is 29.5. The number of rotatable bonds is 7. The van der Waals surface area contributed by atoms with Crippen molar-refractivity contribution in [2.24, 2.45) is 0 Å². The van der Waals surface area contributed by atoms with Gasteiger partial charge in [0.15, 0.2) is 11.6 Å². The minimum Gasteiger partial charge on any atom is -0.496 e. The number of nitrogens with zero attached hydrogens (tertiary/aromatic N) is 5. The SMILES string of the molecule is COc1cc(C(=O)N(C(C)C)C2CCCCC2)ccc1Cn1cccc2nc(-c3ccccn3)nc1-2. The van der Waals surface area contributed by atoms with E-state index in [1.807, 2.05) is 54.7 Å². The summed E-state index contributed by atoms with van der Waals surface area (Å²) in [5.74, 6) is 2.17. The normalized spacial score (nSPS) is 14.3. The quantitative estimate of drug-likeness (QED) is 0.338. The predicted molar refractivity (Wildman–Crippen MR) is 140 cm³/mol. The molecule has 7 heteroatoms. The lowest BCUT2D eigenvalue weighted by molar-refractivity contribution is 0.0555. The molecule has 1 aromatic carbocycles. The van der Waals surface area contributed by atoms with Gasteiger partial charge in [0.1, 0.15) is 17.1 Å². The van der Waals surface area contributed by atoms with Crippen molar-refractivity contribution in [3.63, 3.8) is 0 Å². The second-order valence-electron chi connectivity index (χ2n) is 9.73. The van der Waals surface area contributed by atoms with E-state index in [1.165, 1.54) is 19.3 Å². The molecule has 3 aliphatic rings. The third-order valence-corrected chi connectivity index (χ3v) is 6.99. The van der Waals surface area contributed by atoms with E-state index in [9.17, 15) is 4.79 Å². The molecule has 1 saturated carbocycles. The van der Waals surface area contributed by atoms with Gasteiger partial charge in [-0.05, 0) is 63.1 Å². The van der Waals surface area contributed by atoms with Crippen LogP contribution in [0, 0.1) is 0 Å². The van der Waals surface area contributed by atoms with Gasteiger partial charge >= 0.3 is 0 Å². The van der Waals surface area contributed by atoms with E-state index in [1.54, 1.807) is 13.3 Å². The largest absolute Gasteiger partial charge is 0.496 e. The fourth-order valence-electron chi connectivity index (χ4n) is 5.24. The van der Waals surface area contributed by atoms with E-state index in [4.69, 9.17) is 9.72 Å². The number of methoxy groups -OCH3 is 1. The van der Waals surface area contributed by atoms with Crippen LogP contribution in [-0.2, 0) is 6.54 Å². The van der Waals surface area contributed by atoms with Crippen molar-refractivity contribution in [1.82, 2.24) is 24.4 Å². The number of hydrogen-bond donors (Lipinski definition) is 0. The minimum absolute atomic E-state index is 0.0819. The molecule has 3 heterocycles. The molecule has 186 valence electrons. The summed E-state index contributed by atoms with van der Waals surface area (Å²) in [6, 6.07) is 15.9. The highest BCUT2D eigenvalue weighted by Crippen LogP contribution is 2.29. The van der Waals surface area contributed by atoms with Crippen molar-refractivity contribution in [2.75, 3.05) is 7.11 Å². The standard InChI is InChI=1S/C29H33N5O2/c1-20(2)34(23-10-5-4-6-11-23)29(35)21-14-15-22(26(18-21)36-3)19-33-17-9-13-25-28(33)32-27(31-25)24-12-7-8-16-30-24/h7-9,12-18,20,23H,4-6,10-11,19H2,1-3H3. The molecule has 0 saturated heterocycles. The first-order chi connectivity index (χ1) is 17.5. The zero-order valence-electron chi connectivity index (χ0n) is 21.2. The van der Waals surface area contributed by atoms with Crippen LogP contribution in [0.1, 0.15) is 61.9 Å². The average molecular weight is 484 g/mol. The van der Waals surface area contributed by atoms with Crippen LogP contribution in [0.25, 0.3) is 23.0 Å². The molecule has 1 amide bonds. The smallest absolute Gasteiger partial charge is 0.254 e. The topological polar surface area (TPSA) is 73.1 Å². The average Bonchev–Trinajstić information content (AvgIpc) is 3.35. The number of amides is 1. The highest BCUT2D eigenvalue weighted by Gasteiger charge is 2.29. The van der Waals surface area contributed by atoms with Crippen molar-refractivity contribution in [1.29, 1.82) is 0 Å². The number of pyridine rings is 2. The monoisotopic (exact) mass is 483 g/mol. The van der Waals surface area contributed by atoms with E-state index in [2.05, 4.69) is 33.3 Å². The van der Waals surface area contributed by atoms with Crippen molar-refractivity contribution in [3.05, 3.63) is 72.1 Å². The van der Waals surface area contributed by atoms with E-state index in [0.717, 1.165) is 35.6 Å². The first kappa shape index (κ1) is 24.0. The second-order valence-corrected chi connectivity index (χ2v) is 9.73. The Balaban J connectivity index is 1.42. The lowest BCUT2D eigenvalue weighted by atomic mass is 9.92. The van der Waals surface area contributed by atoms with E-state index in [0.29, 0.717) is 29.7 Å². The van der Waals surface area contributed by atoms with Crippen LogP contribution in [0.3, 0.4) is 0 Å². The Bertz CT molecular complexity index is 1290. The van der Waals surface area contributed by atoms with Crippen molar-refractivity contribution < 1.29 is 9.53 Å². The number of aromatic nitrogens is 4. The molecule has 0 unspecified atom stereocenters. The first-order valence-corrected chi connectivity index (χ1v) is 12.8. The van der Waals surface area contributed by atoms with Gasteiger partial charge in [0.25, 0.3) is 5.91 Å². The third-order valence-electron chi connectivity index (χ3n) is 6.99. The Morgan fingerprint density at radius 2 is 1.86 bits per heavy atom. The van der Waals surface area contributed by atoms with Crippen LogP contribution >= 0.6 is 0 Å². The summed E-state index contributed by atoms with van der Waals surface area (Å²) in [6.07, 6.45) is 9.55. The molecular weight excluding hydrogens is 450 g/mol. The summed E-state index contributed by atoms with van der Waals surface area (Å²) in [5, 5.41) is 0. The molecule has 2 aliphatic heterocycles. The maximum Gasteiger partial charge on any atom is 0.254 e. The number of fused-ring (bicyclic) bond motifs is 1. The number of ether oxygens (including phenoxy) is 1. The number of imidazole rings is 1. The maximum absolute atomic E-state index is 13.6. The van der Waals surface area contributed by atoms with Crippen molar-refractivity contribution in [2.45, 2.75) is 64.6 Å². The van der Waals surface area contributed by atoms with Gasteiger partial charge in [0, 0.05) is 35.6 Å². The van der Waals surface area contributed by atoms with Gasteiger partial charge in [-0.2, -0.15) is 0 Å². The van der Waals surface area contributed by atoms with Gasteiger partial charge < -0.3 is 14.2 Å². The van der Waals surface area contributed by atoms with Gasteiger partial charge in [0.2, 0.25) is 0 Å². The second kappa shape index (κ2) is 10.5. The Kier molecular flexibility index (Phi) is 6.98. The predicted octanol–water partition coefficient (Wildman–Crippen LogP) is 5.69. The van der Waals surface area contributed by atoms with Crippen molar-refractivity contribution in [3.8, 4) is 28.8 Å². The summed E-state index contributed by atoms with van der Waals surface area (Å²) >= 11 is 0. The van der Waals surface area contributed by atoms with Crippen molar-refractivity contribution >= 4 is 5.91 Å². The van der Waals surface area contributed by atoms with Crippen LogP contribution in [0.2, 0.25) is 0 Å². The van der Waals surface area contributed by atoms with Crippen LogP contribution in [0.5, 0.6) is 5.75 Å². The molecule has 0 atom stereocenters. The molecule has 1 aromatic heterocycles. The lowest BCUT2D eigenvalue weighted by Gasteiger charge is -2.37. The van der Waals surface area contributed by atoms with E-state index >= 15 is 0 Å². The Labute approximate surface area is 212 Å². The number of carbonyl (C=O) groups is 1. The molecule has 1 aliphatic carbocycles. The molecular formula is C29H33N5O2. The third kappa shape index (κ3) is 4.83. The number of hydrogen-bond acceptors (Lipinski definition) is 5. The summed E-state index contributed by atoms with van der Waals surface area (Å²) < 4.78 is 7.80. The number of carbonyl (C=O) groups excluding carboxylic acids is 1. The van der Waals surface area contributed by atoms with Gasteiger partial charge in [-0.25, -0.2) is 9.97 Å². The summed E-state index contributed by atoms with van der Waals surface area (Å²) in [5.41, 5.74) is 3.20. The zero-order valence-corrected chi connectivity index (χ0v) is 21.2. The zero-order chi connectivity index (χ0) is 25.1. The van der Waals surface area contributed by atoms with E-state index in [-0.39, 0.29) is 11.9 Å². The molecule has 0 N–H and O–H groups in total. The first-order valence-electron chi connectivity index (χ1n) is 12.8. The fourth-order valence-corrected chi connectivity index (χ4v) is 5.24. The molecule has 0 bridgehead atoms. The highest BCUT2D eigenvalue weighted by atomic mass is 16.5. The van der Waals surface area contributed by atoms with Crippen LogP contribution in [0.4, 0.5) is 0 Å². The summed E-state index contributed by atoms with van der Waals surface area (Å²) in [6.45, 7) is 4.76. The Morgan fingerprint density at radius 1 is 1.06 bits per heavy atom. The van der Waals surface area contributed by atoms with Crippen LogP contribution in [-0.4, -0.2) is 49.5 Å². The Morgan fingerprint density at radius 3 is 2.58 bits per heavy atom. The molecule has 5 rings (SSSR count). The van der Waals surface area contributed by atoms with E-state index < -0.39 is 0 Å². The molecule has 2 aromatic rings. The molecule has 0 radical (unpaired) electrons. The molecule has 1 fully saturated rings. The van der Waals surface area contributed by atoms with Crippen LogP contribution < -0.4 is 4.74 Å². The van der Waals surface area contributed by atoms with Gasteiger partial charge in [-0.1, -0.05) is 31.4 Å². The summed E-state index contributed by atoms with van der Waals surface area (Å²) in [7, 11) is 1.65. The molecule has 0 spiro atoms. The Hall–Kier alpha value is -3.74.